The maximum atomic E-state index is 12.2. The van der Waals surface area contributed by atoms with Crippen molar-refractivity contribution in [2.24, 2.45) is 0 Å². The zero-order valence-corrected chi connectivity index (χ0v) is 17.2. The van der Waals surface area contributed by atoms with Gasteiger partial charge in [-0.15, -0.1) is 10.2 Å². The Hall–Kier alpha value is -2.39. The maximum absolute atomic E-state index is 12.2. The Balaban J connectivity index is 1.55. The van der Waals surface area contributed by atoms with Crippen molar-refractivity contribution in [3.63, 3.8) is 0 Å². The molecule has 27 heavy (non-hydrogen) atoms. The lowest BCUT2D eigenvalue weighted by Crippen LogP contribution is -2.25. The summed E-state index contributed by atoms with van der Waals surface area (Å²) in [5.41, 5.74) is 4.29. The van der Waals surface area contributed by atoms with E-state index in [1.807, 2.05) is 36.7 Å². The molecule has 1 aromatic carbocycles. The number of thioether (sulfide) groups is 1. The monoisotopic (exact) mass is 402 g/mol. The van der Waals surface area contributed by atoms with E-state index in [-0.39, 0.29) is 5.91 Å². The van der Waals surface area contributed by atoms with Crippen molar-refractivity contribution in [2.45, 2.75) is 31.3 Å². The van der Waals surface area contributed by atoms with E-state index in [2.05, 4.69) is 38.1 Å². The number of aryl methyl sites for hydroxylation is 1. The van der Waals surface area contributed by atoms with Crippen LogP contribution in [0.2, 0.25) is 0 Å². The molecular formula is C18H22N6OS2. The first-order valence-corrected chi connectivity index (χ1v) is 10.3. The van der Waals surface area contributed by atoms with Gasteiger partial charge in [0.05, 0.1) is 18.0 Å². The summed E-state index contributed by atoms with van der Waals surface area (Å²) in [4.78, 5) is 12.2. The molecule has 2 N–H and O–H groups in total. The SMILES string of the molecule is CNc1nnc(SCC(=O)NCc2c(C)nn(Cc3ccccc3)c2C)s1. The normalized spacial score (nSPS) is 10.8. The molecule has 0 unspecified atom stereocenters. The summed E-state index contributed by atoms with van der Waals surface area (Å²) in [5, 5.41) is 19.3. The fourth-order valence-corrected chi connectivity index (χ4v) is 4.17. The van der Waals surface area contributed by atoms with Crippen LogP contribution in [-0.2, 0) is 17.9 Å². The summed E-state index contributed by atoms with van der Waals surface area (Å²) in [6, 6.07) is 10.2. The number of rotatable bonds is 8. The third-order valence-electron chi connectivity index (χ3n) is 4.12. The number of carbonyl (C=O) groups excluding carboxylic acids is 1. The highest BCUT2D eigenvalue weighted by atomic mass is 32.2. The van der Waals surface area contributed by atoms with Gasteiger partial charge in [0.15, 0.2) is 4.34 Å². The highest BCUT2D eigenvalue weighted by Crippen LogP contribution is 2.24. The molecular weight excluding hydrogens is 380 g/mol. The Bertz CT molecular complexity index is 906. The zero-order chi connectivity index (χ0) is 19.2. The molecule has 7 nitrogen and oxygen atoms in total. The van der Waals surface area contributed by atoms with E-state index < -0.39 is 0 Å². The quantitative estimate of drug-likeness (QED) is 0.564. The highest BCUT2D eigenvalue weighted by molar-refractivity contribution is 8.01. The smallest absolute Gasteiger partial charge is 0.230 e. The van der Waals surface area contributed by atoms with Crippen molar-refractivity contribution in [2.75, 3.05) is 18.1 Å². The fraction of sp³-hybridized carbons (Fsp3) is 0.333. The Kier molecular flexibility index (Phi) is 6.46. The first-order chi connectivity index (χ1) is 13.1. The van der Waals surface area contributed by atoms with Crippen LogP contribution in [0.3, 0.4) is 0 Å². The molecule has 9 heteroatoms. The van der Waals surface area contributed by atoms with Gasteiger partial charge in [0.2, 0.25) is 11.0 Å². The van der Waals surface area contributed by atoms with Crippen LogP contribution < -0.4 is 10.6 Å². The van der Waals surface area contributed by atoms with Crippen LogP contribution in [0.4, 0.5) is 5.13 Å². The topological polar surface area (TPSA) is 84.7 Å². The minimum absolute atomic E-state index is 0.0317. The molecule has 0 aliphatic rings. The molecule has 2 aromatic heterocycles. The largest absolute Gasteiger partial charge is 0.363 e. The summed E-state index contributed by atoms with van der Waals surface area (Å²) >= 11 is 2.82. The molecule has 0 aliphatic carbocycles. The van der Waals surface area contributed by atoms with Gasteiger partial charge >= 0.3 is 0 Å². The van der Waals surface area contributed by atoms with E-state index in [1.165, 1.54) is 28.7 Å². The second kappa shape index (κ2) is 9.01. The van der Waals surface area contributed by atoms with Crippen LogP contribution in [0.25, 0.3) is 0 Å². The molecule has 0 bridgehead atoms. The standard InChI is InChI=1S/C18H22N6OS2/c1-12-15(13(2)24(23-12)10-14-7-5-4-6-8-14)9-20-16(25)11-26-18-22-21-17(19-3)27-18/h4-8H,9-11H2,1-3H3,(H,19,21)(H,20,25). The molecule has 1 amide bonds. The molecule has 0 saturated carbocycles. The van der Waals surface area contributed by atoms with Crippen molar-refractivity contribution in [1.29, 1.82) is 0 Å². The zero-order valence-electron chi connectivity index (χ0n) is 15.5. The third kappa shape index (κ3) is 5.08. The Morgan fingerprint density at radius 3 is 2.70 bits per heavy atom. The van der Waals surface area contributed by atoms with Crippen LogP contribution in [0.1, 0.15) is 22.5 Å². The summed E-state index contributed by atoms with van der Waals surface area (Å²) < 4.78 is 2.76. The van der Waals surface area contributed by atoms with Gasteiger partial charge in [-0.3, -0.25) is 9.48 Å². The minimum atomic E-state index is -0.0317. The lowest BCUT2D eigenvalue weighted by molar-refractivity contribution is -0.118. The molecule has 0 atom stereocenters. The Labute approximate surface area is 166 Å². The number of hydrogen-bond acceptors (Lipinski definition) is 7. The Morgan fingerprint density at radius 1 is 1.22 bits per heavy atom. The molecule has 3 aromatic rings. The predicted molar refractivity (Wildman–Crippen MR) is 109 cm³/mol. The molecule has 142 valence electrons. The summed E-state index contributed by atoms with van der Waals surface area (Å²) in [5.74, 6) is 0.282. The maximum Gasteiger partial charge on any atom is 0.230 e. The molecule has 0 spiro atoms. The van der Waals surface area contributed by atoms with Crippen molar-refractivity contribution >= 4 is 34.1 Å². The average molecular weight is 403 g/mol. The molecule has 3 rings (SSSR count). The molecule has 0 radical (unpaired) electrons. The molecule has 2 heterocycles. The number of nitrogens with one attached hydrogen (secondary N) is 2. The van der Waals surface area contributed by atoms with Gasteiger partial charge in [-0.05, 0) is 19.4 Å². The summed E-state index contributed by atoms with van der Waals surface area (Å²) in [7, 11) is 1.80. The van der Waals surface area contributed by atoms with E-state index >= 15 is 0 Å². The number of anilines is 1. The van der Waals surface area contributed by atoms with Crippen LogP contribution in [0.5, 0.6) is 0 Å². The highest BCUT2D eigenvalue weighted by Gasteiger charge is 2.13. The third-order valence-corrected chi connectivity index (χ3v) is 6.19. The predicted octanol–water partition coefficient (Wildman–Crippen LogP) is 2.85. The number of benzene rings is 1. The van der Waals surface area contributed by atoms with Crippen LogP contribution in [0.15, 0.2) is 34.7 Å². The molecule has 0 aliphatic heterocycles. The van der Waals surface area contributed by atoms with Gasteiger partial charge in [0, 0.05) is 24.8 Å². The van der Waals surface area contributed by atoms with Gasteiger partial charge in [-0.25, -0.2) is 0 Å². The number of hydrogen-bond donors (Lipinski definition) is 2. The van der Waals surface area contributed by atoms with E-state index in [0.717, 1.165) is 33.0 Å². The van der Waals surface area contributed by atoms with E-state index in [0.29, 0.717) is 12.3 Å². The first kappa shape index (κ1) is 19.4. The molecule has 0 fully saturated rings. The second-order valence-electron chi connectivity index (χ2n) is 5.98. The van der Waals surface area contributed by atoms with Gasteiger partial charge in [0.1, 0.15) is 0 Å². The lowest BCUT2D eigenvalue weighted by Gasteiger charge is -2.07. The van der Waals surface area contributed by atoms with Crippen molar-refractivity contribution in [3.8, 4) is 0 Å². The van der Waals surface area contributed by atoms with E-state index in [9.17, 15) is 4.79 Å². The van der Waals surface area contributed by atoms with E-state index in [4.69, 9.17) is 0 Å². The fourth-order valence-electron chi connectivity index (χ4n) is 2.63. The van der Waals surface area contributed by atoms with Crippen LogP contribution in [0, 0.1) is 13.8 Å². The van der Waals surface area contributed by atoms with Crippen LogP contribution in [-0.4, -0.2) is 38.7 Å². The van der Waals surface area contributed by atoms with Gasteiger partial charge in [-0.1, -0.05) is 53.4 Å². The second-order valence-corrected chi connectivity index (χ2v) is 8.18. The Morgan fingerprint density at radius 2 is 2.00 bits per heavy atom. The number of amides is 1. The van der Waals surface area contributed by atoms with Gasteiger partial charge in [0.25, 0.3) is 0 Å². The molecule has 0 saturated heterocycles. The van der Waals surface area contributed by atoms with Crippen molar-refractivity contribution < 1.29 is 4.79 Å². The lowest BCUT2D eigenvalue weighted by atomic mass is 10.2. The number of nitrogens with zero attached hydrogens (tertiary/aromatic N) is 4. The summed E-state index contributed by atoms with van der Waals surface area (Å²) in [6.07, 6.45) is 0. The number of carbonyl (C=O) groups is 1. The van der Waals surface area contributed by atoms with E-state index in [1.54, 1.807) is 7.05 Å². The van der Waals surface area contributed by atoms with Gasteiger partial charge < -0.3 is 10.6 Å². The average Bonchev–Trinajstić information content (AvgIpc) is 3.24. The minimum Gasteiger partial charge on any atom is -0.363 e. The van der Waals surface area contributed by atoms with Crippen molar-refractivity contribution in [3.05, 3.63) is 52.8 Å². The van der Waals surface area contributed by atoms with Gasteiger partial charge in [-0.2, -0.15) is 5.10 Å². The summed E-state index contributed by atoms with van der Waals surface area (Å²) in [6.45, 7) is 5.22. The van der Waals surface area contributed by atoms with Crippen LogP contribution >= 0.6 is 23.1 Å². The first-order valence-electron chi connectivity index (χ1n) is 8.54. The van der Waals surface area contributed by atoms with Crippen molar-refractivity contribution in [1.82, 2.24) is 25.3 Å². The number of aromatic nitrogens is 4.